The zero-order valence-corrected chi connectivity index (χ0v) is 99.3. The molecule has 5 unspecified atom stereocenters. The van der Waals surface area contributed by atoms with Gasteiger partial charge in [0.25, 0.3) is 0 Å². The van der Waals surface area contributed by atoms with Gasteiger partial charge < -0.3 is 88.6 Å². The van der Waals surface area contributed by atoms with Gasteiger partial charge in [-0.3, -0.25) is 0 Å². The molecule has 31 heteroatoms. The van der Waals surface area contributed by atoms with E-state index in [1.165, 1.54) is 26.8 Å². The Kier molecular flexibility index (Phi) is 44.9. The first kappa shape index (κ1) is 127. The molecule has 0 aliphatic carbocycles. The molecule has 20 atom stereocenters. The average Bonchev–Trinajstić information content (AvgIpc) is 1.12. The Morgan fingerprint density at radius 3 is 0.979 bits per heavy atom. The first-order chi connectivity index (χ1) is 63.1. The quantitative estimate of drug-likeness (QED) is 0.0168. The van der Waals surface area contributed by atoms with Crippen molar-refractivity contribution in [2.75, 3.05) is 6.61 Å². The molecule has 6 aliphatic heterocycles. The minimum atomic E-state index is -5.92. The van der Waals surface area contributed by atoms with Gasteiger partial charge in [-0.2, -0.15) is 21.6 Å². The Bertz CT molecular complexity index is 4530. The van der Waals surface area contributed by atoms with E-state index in [4.69, 9.17) is 74.5 Å². The molecule has 0 bridgehead atoms. The highest BCUT2D eigenvalue weighted by atomic mass is 32.2. The van der Waals surface area contributed by atoms with Crippen LogP contribution in [0.1, 0.15) is 312 Å². The Hall–Kier alpha value is -5.02. The van der Waals surface area contributed by atoms with E-state index in [9.17, 15) is 41.1 Å². The number of cyclic esters (lactones) is 2. The van der Waals surface area contributed by atoms with Crippen LogP contribution < -0.4 is 13.7 Å². The van der Waals surface area contributed by atoms with Gasteiger partial charge in [0.05, 0.1) is 48.8 Å². The lowest BCUT2D eigenvalue weighted by molar-refractivity contribution is -0.150. The highest BCUT2D eigenvalue weighted by Gasteiger charge is 2.53. The molecule has 0 spiro atoms. The minimum absolute atomic E-state index is 0.0304. The minimum Gasteiger partial charge on any atom is -0.452 e. The van der Waals surface area contributed by atoms with Gasteiger partial charge >= 0.3 is 27.6 Å². The van der Waals surface area contributed by atoms with Crippen LogP contribution >= 0.6 is 0 Å². The van der Waals surface area contributed by atoms with Crippen LogP contribution in [0.25, 0.3) is 6.08 Å². The maximum Gasteiger partial charge on any atom is 0.534 e. The van der Waals surface area contributed by atoms with Crippen LogP contribution in [-0.2, 0) is 80.0 Å². The molecule has 0 radical (unpaired) electrons. The molecule has 0 amide bonds. The van der Waals surface area contributed by atoms with Crippen LogP contribution in [0.15, 0.2) is 91.6 Å². The summed E-state index contributed by atoms with van der Waals surface area (Å²) in [5.74, 6) is -4.39. The summed E-state index contributed by atoms with van der Waals surface area (Å²) in [6, 6.07) is 6.20. The number of hydrogen-bond donors (Lipinski definition) is 1. The molecule has 0 saturated carbocycles. The van der Waals surface area contributed by atoms with Crippen molar-refractivity contribution in [1.82, 2.24) is 0 Å². The zero-order valence-electron chi connectivity index (χ0n) is 94.5. The molecule has 2 aromatic rings. The maximum atomic E-state index is 12.8. The largest absolute Gasteiger partial charge is 0.534 e. The van der Waals surface area contributed by atoms with E-state index in [-0.39, 0.29) is 141 Å². The average molecular weight is 2070 g/mol. The Labute approximate surface area is 847 Å². The van der Waals surface area contributed by atoms with Crippen molar-refractivity contribution in [2.24, 2.45) is 47.3 Å². The van der Waals surface area contributed by atoms with Crippen molar-refractivity contribution < 1.29 is 120 Å². The summed E-state index contributed by atoms with van der Waals surface area (Å²) in [5, 5.41) is 10.1. The highest BCUT2D eigenvalue weighted by Crippen LogP contribution is 2.47. The van der Waals surface area contributed by atoms with Crippen LogP contribution in [0.3, 0.4) is 0 Å². The number of aldehydes is 1. The second-order valence-corrected chi connectivity index (χ2v) is 69.1. The predicted octanol–water partition coefficient (Wildman–Crippen LogP) is 27.7. The van der Waals surface area contributed by atoms with Crippen molar-refractivity contribution in [2.45, 2.75) is 475 Å². The number of halogens is 3. The molecular weight excluding hydrogens is 1880 g/mol. The summed E-state index contributed by atoms with van der Waals surface area (Å²) in [6.45, 7) is 101. The van der Waals surface area contributed by atoms with E-state index in [0.29, 0.717) is 53.9 Å². The number of benzene rings is 2. The summed E-state index contributed by atoms with van der Waals surface area (Å²) in [7, 11) is -13.0. The van der Waals surface area contributed by atoms with E-state index in [2.05, 4.69) is 284 Å². The second-order valence-electron chi connectivity index (χ2n) is 48.5. The lowest BCUT2D eigenvalue weighted by Crippen LogP contribution is -2.44. The van der Waals surface area contributed by atoms with Gasteiger partial charge in [-0.15, -0.1) is 6.58 Å². The topological polar surface area (TPSA) is 262 Å². The van der Waals surface area contributed by atoms with Crippen LogP contribution in [0.4, 0.5) is 13.2 Å². The van der Waals surface area contributed by atoms with Gasteiger partial charge in [-0.1, -0.05) is 211 Å². The highest BCUT2D eigenvalue weighted by molar-refractivity contribution is 7.88. The van der Waals surface area contributed by atoms with Gasteiger partial charge in [-0.25, -0.2) is 9.59 Å². The fourth-order valence-corrected chi connectivity index (χ4v) is 22.2. The second kappa shape index (κ2) is 49.4. The number of aliphatic hydroxyl groups is 1. The van der Waals surface area contributed by atoms with Crippen molar-refractivity contribution in [3.05, 3.63) is 119 Å². The molecule has 0 aromatic heterocycles. The number of aliphatic hydroxyl groups excluding tert-OH is 1. The third-order valence-corrected chi connectivity index (χ3v) is 47.8. The normalized spacial score (nSPS) is 25.2. The summed E-state index contributed by atoms with van der Waals surface area (Å²) in [4.78, 5) is 35.6. The van der Waals surface area contributed by atoms with Gasteiger partial charge in [0.2, 0.25) is 11.6 Å². The fraction of sp³-hybridized carbons (Fsp3) is 0.752. The van der Waals surface area contributed by atoms with Gasteiger partial charge in [0.15, 0.2) is 62.2 Å². The predicted molar refractivity (Wildman–Crippen MR) is 565 cm³/mol. The van der Waals surface area contributed by atoms with Crippen LogP contribution in [-0.4, -0.2) is 185 Å². The molecular formula is C109H187F3O23SSi4. The molecule has 2 aromatic carbocycles. The first-order valence-electron chi connectivity index (χ1n) is 50.5. The van der Waals surface area contributed by atoms with E-state index in [0.717, 1.165) is 29.9 Å². The van der Waals surface area contributed by atoms with Gasteiger partial charge in [0.1, 0.15) is 28.9 Å². The molecule has 4 saturated heterocycles. The summed E-state index contributed by atoms with van der Waals surface area (Å²) >= 11 is 0. The fourth-order valence-electron chi connectivity index (χ4n) is 15.7. The zero-order chi connectivity index (χ0) is 108. The van der Waals surface area contributed by atoms with E-state index in [1.807, 2.05) is 86.6 Å². The van der Waals surface area contributed by atoms with Gasteiger partial charge in [0, 0.05) is 88.8 Å². The SMILES string of the molecule is C=CC[C@@H]1OC(C)(C)O[C@@H]1C(C)/C=C\[C@@H](C)[C@H](C)O[Si](C)(C)C(C)(C)C.CC(/C=C\[C@@H](C)[C@H](C)O[Si](C)(C)C(C)(C)C)C1OC(C)(C)O[C@H]1CCO.CC(/C=C\[C@@H](C)[C@H](C)O[Si](C)(C)C(C)(C)C)[C@H]1OC(C)(C)O[C@H]1CC=O.Cc1cc(/C=C/C[C@@H]2OC(C)(C)O[C@@H]2C(C)/C=C\[C@@H](C)[C@H](C)O[Si](C)(C)C(C)(C)C)c2c(c1)OC(C)(C)OC2=O.Cc1cc2c(c(OS(=O)(=O)C(F)(F)F)c1)C(=O)OC(C)(C)O2. The molecule has 8 rings (SSSR count). The maximum absolute atomic E-state index is 12.8. The number of esters is 2. The van der Waals surface area contributed by atoms with Crippen molar-refractivity contribution in [3.63, 3.8) is 0 Å². The van der Waals surface area contributed by atoms with Crippen LogP contribution in [0.2, 0.25) is 72.5 Å². The standard InChI is InChI=1S/C33H52O6Si.C22H42O3Si.C21H42O4Si.C21H40O4Si.C12H11F3O6S/c1-21-19-25(28-27(20-21)36-33(10,11)38-30(28)34)15-14-16-26-29(37-32(8,9)35-26)23(3)18-17-22(2)24(4)39-40(12,13)31(5,6)7;1-12-13-19-20(24-22(8,9)23-19)17(3)15-14-16(2)18(4)25-26(10,11)21(5,6)7;2*1-15(17(3)25-26(9,10)20(4,5)6)11-12-16(2)19-18(13-14-22)23-21(7,8)24-19;1-6-4-7-9(10(16)20-11(2,3)19-7)8(5-6)21-22(17,18)12(13,14)15/h14-15,17-20,22-24,26,29H,16H2,1-13H3;12,14-20H,1,13H2,2-11H3;11-12,15-19,22H,13-14H2,1-10H3;11-12,14-19H,13H2,1-10H3;4-5H,1-3H3/b15-14+,18-17-;15-14-;2*12-11-;/t22-,23?,24+,26+,29-;16-,17?,18+,19+,20-;15-,16?,17+,18+,19?;15-,16?,17+,18+,19-;/m1111./s1. The monoisotopic (exact) mass is 2070 g/mol. The van der Waals surface area contributed by atoms with Crippen LogP contribution in [0, 0.1) is 61.2 Å². The molecule has 4 fully saturated rings. The number of aryl methyl sites for hydroxylation is 2. The molecule has 6 heterocycles. The van der Waals surface area contributed by atoms with Crippen molar-refractivity contribution >= 4 is 67.7 Å². The number of fused-ring (bicyclic) bond motifs is 2. The third kappa shape index (κ3) is 37.7. The molecule has 1 N–H and O–H groups in total. The first-order valence-corrected chi connectivity index (χ1v) is 63.5. The van der Waals surface area contributed by atoms with Crippen molar-refractivity contribution in [1.29, 1.82) is 0 Å². The summed E-state index contributed by atoms with van der Waals surface area (Å²) < 4.78 is 160. The number of ether oxygens (including phenoxy) is 12. The number of hydrogen-bond acceptors (Lipinski definition) is 23. The number of carbonyl (C=O) groups is 3. The smallest absolute Gasteiger partial charge is 0.452 e. The Morgan fingerprint density at radius 1 is 0.407 bits per heavy atom. The Morgan fingerprint density at radius 2 is 0.686 bits per heavy atom. The summed E-state index contributed by atoms with van der Waals surface area (Å²) in [5.41, 5.74) is -3.54. The lowest BCUT2D eigenvalue weighted by atomic mass is 9.94. The van der Waals surface area contributed by atoms with E-state index in [1.54, 1.807) is 13.8 Å². The molecule has 804 valence electrons. The van der Waals surface area contributed by atoms with E-state index >= 15 is 0 Å². The lowest BCUT2D eigenvalue weighted by Gasteiger charge is -2.39. The van der Waals surface area contributed by atoms with Crippen LogP contribution in [0.5, 0.6) is 17.2 Å². The third-order valence-electron chi connectivity index (χ3n) is 28.5. The number of carbonyl (C=O) groups excluding carboxylic acids is 3. The molecule has 6 aliphatic rings. The molecule has 23 nitrogen and oxygen atoms in total. The van der Waals surface area contributed by atoms with Crippen molar-refractivity contribution in [3.8, 4) is 17.2 Å². The van der Waals surface area contributed by atoms with E-state index < -0.39 is 101 Å². The summed E-state index contributed by atoms with van der Waals surface area (Å²) in [6.07, 6.45) is 27.4. The number of rotatable bonds is 35. The Balaban J connectivity index is 0.000000372. The molecule has 140 heavy (non-hydrogen) atoms. The number of alkyl halides is 3. The van der Waals surface area contributed by atoms with Gasteiger partial charge in [-0.05, 0) is 247 Å².